The molecule has 0 amide bonds. The van der Waals surface area contributed by atoms with Gasteiger partial charge >= 0.3 is 31.1 Å². The molecule has 164 valence electrons. The van der Waals surface area contributed by atoms with Crippen LogP contribution in [0, 0.1) is 44.2 Å². The fraction of sp³-hybridized carbons (Fsp3) is 0.857. The van der Waals surface area contributed by atoms with E-state index in [2.05, 4.69) is 35.7 Å². The van der Waals surface area contributed by atoms with Crippen LogP contribution < -0.4 is 0 Å². The van der Waals surface area contributed by atoms with Crippen molar-refractivity contribution in [1.82, 2.24) is 8.75 Å². The molecule has 1 aliphatic carbocycles. The Kier molecular flexibility index (Phi) is 49.1. The minimum Gasteiger partial charge on any atom is -0.542 e. The van der Waals surface area contributed by atoms with Crippen molar-refractivity contribution in [1.29, 1.82) is 0 Å². The van der Waals surface area contributed by atoms with Gasteiger partial charge < -0.3 is 15.4 Å². The Morgan fingerprint density at radius 2 is 1.50 bits per heavy atom. The van der Waals surface area contributed by atoms with Gasteiger partial charge in [0.05, 0.1) is 0 Å². The molecule has 28 heavy (non-hydrogen) atoms. The van der Waals surface area contributed by atoms with Gasteiger partial charge in [-0.25, -0.2) is 4.37 Å². The molecule has 7 heteroatoms. The molecule has 1 aliphatic rings. The van der Waals surface area contributed by atoms with Crippen LogP contribution in [0.15, 0.2) is 0 Å². The first-order valence-electron chi connectivity index (χ1n) is 10.4. The van der Waals surface area contributed by atoms with Crippen LogP contribution in [-0.4, -0.2) is 20.8 Å². The molecule has 0 N–H and O–H groups in total. The van der Waals surface area contributed by atoms with Gasteiger partial charge in [0.1, 0.15) is 0 Å². The predicted octanol–water partition coefficient (Wildman–Crippen LogP) is 8.09. The Bertz CT molecular complexity index is 326. The van der Waals surface area contributed by atoms with Crippen LogP contribution in [0.25, 0.3) is 0 Å². The Balaban J connectivity index is -0.000000129. The first-order valence-corrected chi connectivity index (χ1v) is 12.0. The molecular formula is C21H41FN2OS2U. The molecule has 1 aromatic rings. The molecule has 0 spiro atoms. The monoisotopic (exact) mass is 658 g/mol. The van der Waals surface area contributed by atoms with Gasteiger partial charge in [0.2, 0.25) is 0 Å². The molecule has 2 rings (SSSR count). The first-order chi connectivity index (χ1) is 13.1. The van der Waals surface area contributed by atoms with E-state index in [9.17, 15) is 8.68 Å². The summed E-state index contributed by atoms with van der Waals surface area (Å²) in [6.07, 6.45) is 19.7. The number of carbonyl (C=O) groups excluding carboxylic acids is 1. The maximum Gasteiger partial charge on any atom is 2.00 e. The number of hydrogen-bond donors (Lipinski definition) is 0. The maximum atomic E-state index is 10.9. The molecule has 0 bridgehead atoms. The molecule has 0 aliphatic heterocycles. The molecule has 0 atom stereocenters. The van der Waals surface area contributed by atoms with Gasteiger partial charge in [0, 0.05) is 29.6 Å². The Labute approximate surface area is 206 Å². The van der Waals surface area contributed by atoms with Gasteiger partial charge in [-0.15, -0.1) is 5.69 Å². The Morgan fingerprint density at radius 1 is 1.00 bits per heavy atom. The van der Waals surface area contributed by atoms with Crippen molar-refractivity contribution >= 4 is 30.2 Å². The van der Waals surface area contributed by atoms with Gasteiger partial charge in [-0.1, -0.05) is 98.8 Å². The number of halogens is 1. The van der Waals surface area contributed by atoms with Crippen molar-refractivity contribution in [3.63, 3.8) is 0 Å². The van der Waals surface area contributed by atoms with Crippen molar-refractivity contribution in [2.24, 2.45) is 0 Å². The second-order valence-corrected chi connectivity index (χ2v) is 7.30. The van der Waals surface area contributed by atoms with Crippen molar-refractivity contribution in [3.8, 4) is 0 Å². The summed E-state index contributed by atoms with van der Waals surface area (Å²) in [5.41, 5.74) is 0.875. The van der Waals surface area contributed by atoms with E-state index in [0.29, 0.717) is 24.3 Å². The van der Waals surface area contributed by atoms with Crippen LogP contribution in [0.1, 0.15) is 110 Å². The molecule has 1 heterocycles. The number of rotatable bonds is 6. The number of aryl methyl sites for hydroxylation is 1. The summed E-state index contributed by atoms with van der Waals surface area (Å²) in [5.74, 6) is 0.639. The summed E-state index contributed by atoms with van der Waals surface area (Å²) in [6, 6.07) is 0. The number of hydrogen-bond acceptors (Lipinski definition) is 5. The molecule has 0 aromatic carbocycles. The minimum atomic E-state index is 0. The zero-order valence-electron chi connectivity index (χ0n) is 18.7. The van der Waals surface area contributed by atoms with Crippen molar-refractivity contribution < 1.29 is 39.8 Å². The smallest absolute Gasteiger partial charge is 0.542 e. The third kappa shape index (κ3) is 45.4. The summed E-state index contributed by atoms with van der Waals surface area (Å²) >= 11 is 1.59. The number of nitrogens with zero attached hydrogens (tertiary/aromatic N) is 2. The van der Waals surface area contributed by atoms with E-state index in [0.717, 1.165) is 25.0 Å². The Hall–Kier alpha value is 0.562. The fourth-order valence-corrected chi connectivity index (χ4v) is 2.11. The third-order valence-corrected chi connectivity index (χ3v) is 4.43. The summed E-state index contributed by atoms with van der Waals surface area (Å²) in [5, 5.41) is 0. The summed E-state index contributed by atoms with van der Waals surface area (Å²) in [7, 11) is 0. The molecule has 0 radical (unpaired) electrons. The van der Waals surface area contributed by atoms with Gasteiger partial charge in [-0.3, -0.25) is 6.29 Å². The van der Waals surface area contributed by atoms with Crippen molar-refractivity contribution in [2.45, 2.75) is 112 Å². The molecule has 1 fully saturated rings. The van der Waals surface area contributed by atoms with Gasteiger partial charge in [0.15, 0.2) is 0 Å². The average molecular weight is 659 g/mol. The molecule has 0 saturated heterocycles. The van der Waals surface area contributed by atoms with Gasteiger partial charge in [-0.2, -0.15) is 10.3 Å². The molecule has 0 unspecified atom stereocenters. The number of aromatic nitrogens is 2. The summed E-state index contributed by atoms with van der Waals surface area (Å²) in [6.45, 7) is 10.2. The maximum absolute atomic E-state index is 10.9. The molecule has 1 aromatic heterocycles. The zero-order chi connectivity index (χ0) is 21.0. The molecular weight excluding hydrogens is 617 g/mol. The summed E-state index contributed by atoms with van der Waals surface area (Å²) in [4.78, 5) is 9.44. The van der Waals surface area contributed by atoms with Crippen LogP contribution in [0.5, 0.6) is 0 Å². The van der Waals surface area contributed by atoms with E-state index in [-0.39, 0.29) is 31.1 Å². The van der Waals surface area contributed by atoms with E-state index >= 15 is 0 Å². The van der Waals surface area contributed by atoms with Crippen LogP contribution in [0.4, 0.5) is 3.89 Å². The summed E-state index contributed by atoms with van der Waals surface area (Å²) < 4.78 is 18.3. The van der Waals surface area contributed by atoms with Crippen LogP contribution >= 0.6 is 23.9 Å². The normalized spacial score (nSPS) is 11.4. The Morgan fingerprint density at radius 3 is 1.61 bits per heavy atom. The van der Waals surface area contributed by atoms with E-state index in [1.807, 2.05) is 20.1 Å². The molecule has 1 saturated carbocycles. The van der Waals surface area contributed by atoms with Crippen LogP contribution in [0.2, 0.25) is 0 Å². The van der Waals surface area contributed by atoms with E-state index < -0.39 is 0 Å². The standard InChI is InChI=1S/C6H12.C5H9O.C4H10.C3H7FS.C3H3N2S.U/c1-2-4-6-5-3-1;1-2-3-4-5-6;1-3-4-2;1-2-3-5-4;1-3-2-4-6-5-3;/h1-6H2;2-4H2,1H3;3-4H2,1-2H3;2-3H2,1H3;1H3;/q;-1;;;-1;+2. The predicted molar refractivity (Wildman–Crippen MR) is 121 cm³/mol. The van der Waals surface area contributed by atoms with Crippen molar-refractivity contribution in [2.75, 3.05) is 5.75 Å². The van der Waals surface area contributed by atoms with Gasteiger partial charge in [0.25, 0.3) is 0 Å². The number of unbranched alkanes of at least 4 members (excludes halogenated alkanes) is 3. The minimum absolute atomic E-state index is 0. The average Bonchev–Trinajstić information content (AvgIpc) is 3.21. The molecule has 3 nitrogen and oxygen atoms in total. The topological polar surface area (TPSA) is 42.9 Å². The van der Waals surface area contributed by atoms with Gasteiger partial charge in [-0.05, 0) is 6.42 Å². The second kappa shape index (κ2) is 38.2. The van der Waals surface area contributed by atoms with E-state index in [1.54, 1.807) is 0 Å². The second-order valence-electron chi connectivity index (χ2n) is 6.14. The fourth-order valence-electron chi connectivity index (χ4n) is 1.58. The largest absolute Gasteiger partial charge is 2.00 e. The first kappa shape index (κ1) is 36.0. The van der Waals surface area contributed by atoms with Crippen molar-refractivity contribution in [3.05, 3.63) is 11.9 Å². The van der Waals surface area contributed by atoms with Crippen LogP contribution in [-0.2, 0) is 4.79 Å². The van der Waals surface area contributed by atoms with E-state index in [1.165, 1.54) is 63.1 Å². The quantitative estimate of drug-likeness (QED) is 0.229. The van der Waals surface area contributed by atoms with Crippen LogP contribution in [0.3, 0.4) is 0 Å². The van der Waals surface area contributed by atoms with E-state index in [4.69, 9.17) is 0 Å². The zero-order valence-corrected chi connectivity index (χ0v) is 24.5. The SMILES string of the molecule is C1CCCCC1.CCCC.CCCC[C-]=O.CCCSF.Cc1[c-]nsn1.[U+2]. The third-order valence-electron chi connectivity index (χ3n) is 3.34.